The first kappa shape index (κ1) is 24.1. The minimum absolute atomic E-state index is 0.00721. The van der Waals surface area contributed by atoms with Gasteiger partial charge in [0.25, 0.3) is 11.9 Å². The van der Waals surface area contributed by atoms with Crippen LogP contribution in [0.15, 0.2) is 53.2 Å². The molecular formula is C27H28ClN5O3. The Kier molecular flexibility index (Phi) is 6.78. The van der Waals surface area contributed by atoms with Crippen molar-refractivity contribution < 1.29 is 13.9 Å². The molecular weight excluding hydrogens is 478 g/mol. The van der Waals surface area contributed by atoms with E-state index in [-0.39, 0.29) is 18.0 Å². The third kappa shape index (κ3) is 4.86. The summed E-state index contributed by atoms with van der Waals surface area (Å²) in [7, 11) is 1.53. The number of aryl methyl sites for hydroxylation is 1. The summed E-state index contributed by atoms with van der Waals surface area (Å²) in [6, 6.07) is 11.9. The number of oxazole rings is 1. The molecule has 1 amide bonds. The molecule has 0 bridgehead atoms. The number of rotatable bonds is 6. The van der Waals surface area contributed by atoms with E-state index in [2.05, 4.69) is 27.2 Å². The largest absolute Gasteiger partial charge is 0.467 e. The number of halogens is 1. The van der Waals surface area contributed by atoms with Crippen LogP contribution in [0.2, 0.25) is 5.02 Å². The molecule has 2 aromatic heterocycles. The molecule has 4 aromatic rings. The number of fused-ring (bicyclic) bond motifs is 1. The molecule has 0 unspecified atom stereocenters. The second kappa shape index (κ2) is 10.1. The third-order valence-corrected chi connectivity index (χ3v) is 6.95. The van der Waals surface area contributed by atoms with Gasteiger partial charge in [-0.2, -0.15) is 4.98 Å². The molecule has 0 aliphatic carbocycles. The number of anilines is 1. The van der Waals surface area contributed by atoms with Gasteiger partial charge in [0.05, 0.1) is 13.2 Å². The standard InChI is InChI=1S/C27H28ClN5O3/c1-16-6-8-20(18-13-29-26(35-3)30-14-18)21(11-16)25(34)33-10-4-5-17(2)23(33)15-31-27-32-22-12-19(28)7-9-24(22)36-27/h6-9,11-14,17,23H,4-5,10,15H2,1-3H3,(H,31,32)/t17-,23-/m1/s1. The van der Waals surface area contributed by atoms with E-state index in [4.69, 9.17) is 20.8 Å². The van der Waals surface area contributed by atoms with Crippen LogP contribution in [-0.4, -0.2) is 52.0 Å². The van der Waals surface area contributed by atoms with E-state index in [0.29, 0.717) is 46.7 Å². The molecule has 1 fully saturated rings. The second-order valence-electron chi connectivity index (χ2n) is 9.20. The fourth-order valence-corrected chi connectivity index (χ4v) is 4.95. The van der Waals surface area contributed by atoms with Crippen molar-refractivity contribution in [3.8, 4) is 17.1 Å². The first-order chi connectivity index (χ1) is 17.4. The number of methoxy groups -OCH3 is 1. The van der Waals surface area contributed by atoms with E-state index in [9.17, 15) is 4.79 Å². The lowest BCUT2D eigenvalue weighted by Crippen LogP contribution is -2.51. The zero-order valence-electron chi connectivity index (χ0n) is 20.5. The van der Waals surface area contributed by atoms with Crippen molar-refractivity contribution in [1.82, 2.24) is 19.9 Å². The number of amides is 1. The number of benzene rings is 2. The van der Waals surface area contributed by atoms with Crippen molar-refractivity contribution in [3.63, 3.8) is 0 Å². The van der Waals surface area contributed by atoms with E-state index >= 15 is 0 Å². The number of nitrogens with zero attached hydrogens (tertiary/aromatic N) is 4. The fourth-order valence-electron chi connectivity index (χ4n) is 4.78. The van der Waals surface area contributed by atoms with E-state index in [0.717, 1.165) is 29.5 Å². The summed E-state index contributed by atoms with van der Waals surface area (Å²) in [6.45, 7) is 5.39. The molecule has 36 heavy (non-hydrogen) atoms. The summed E-state index contributed by atoms with van der Waals surface area (Å²) >= 11 is 6.08. The highest BCUT2D eigenvalue weighted by Crippen LogP contribution is 2.31. The number of carbonyl (C=O) groups excluding carboxylic acids is 1. The van der Waals surface area contributed by atoms with Gasteiger partial charge in [0.1, 0.15) is 5.52 Å². The zero-order valence-corrected chi connectivity index (χ0v) is 21.2. The maximum atomic E-state index is 14.0. The number of hydrogen-bond acceptors (Lipinski definition) is 7. The van der Waals surface area contributed by atoms with Crippen LogP contribution < -0.4 is 10.1 Å². The number of likely N-dealkylation sites (tertiary alicyclic amines) is 1. The van der Waals surface area contributed by atoms with Gasteiger partial charge < -0.3 is 19.4 Å². The molecule has 1 saturated heterocycles. The summed E-state index contributed by atoms with van der Waals surface area (Å²) in [5.41, 5.74) is 4.58. The molecule has 8 nitrogen and oxygen atoms in total. The Morgan fingerprint density at radius 2 is 2.03 bits per heavy atom. The van der Waals surface area contributed by atoms with Crippen LogP contribution in [-0.2, 0) is 0 Å². The molecule has 1 aliphatic heterocycles. The van der Waals surface area contributed by atoms with Crippen molar-refractivity contribution in [2.24, 2.45) is 5.92 Å². The lowest BCUT2D eigenvalue weighted by Gasteiger charge is -2.40. The molecule has 2 aromatic carbocycles. The van der Waals surface area contributed by atoms with Gasteiger partial charge >= 0.3 is 6.01 Å². The predicted molar refractivity (Wildman–Crippen MR) is 139 cm³/mol. The van der Waals surface area contributed by atoms with E-state index in [1.807, 2.05) is 30.0 Å². The van der Waals surface area contributed by atoms with E-state index in [1.165, 1.54) is 7.11 Å². The Hall–Kier alpha value is -3.65. The van der Waals surface area contributed by atoms with Gasteiger partial charge in [0.2, 0.25) is 0 Å². The molecule has 1 aliphatic rings. The Bertz CT molecular complexity index is 1390. The quantitative estimate of drug-likeness (QED) is 0.364. The van der Waals surface area contributed by atoms with Crippen LogP contribution in [0.5, 0.6) is 6.01 Å². The molecule has 0 spiro atoms. The first-order valence-electron chi connectivity index (χ1n) is 12.0. The van der Waals surface area contributed by atoms with Crippen LogP contribution >= 0.6 is 11.6 Å². The summed E-state index contributed by atoms with van der Waals surface area (Å²) in [5, 5.41) is 3.92. The average molecular weight is 506 g/mol. The van der Waals surface area contributed by atoms with Crippen molar-refractivity contribution in [3.05, 3.63) is 64.9 Å². The highest BCUT2D eigenvalue weighted by atomic mass is 35.5. The van der Waals surface area contributed by atoms with Gasteiger partial charge in [0, 0.05) is 41.6 Å². The van der Waals surface area contributed by atoms with Crippen LogP contribution in [0, 0.1) is 12.8 Å². The Balaban J connectivity index is 1.41. The zero-order chi connectivity index (χ0) is 25.2. The Morgan fingerprint density at radius 1 is 1.22 bits per heavy atom. The summed E-state index contributed by atoms with van der Waals surface area (Å²) in [6.07, 6.45) is 5.37. The van der Waals surface area contributed by atoms with Crippen LogP contribution in [0.3, 0.4) is 0 Å². The van der Waals surface area contributed by atoms with Crippen molar-refractivity contribution >= 4 is 34.6 Å². The monoisotopic (exact) mass is 505 g/mol. The molecule has 9 heteroatoms. The number of carbonyl (C=O) groups is 1. The number of nitrogens with one attached hydrogen (secondary N) is 1. The van der Waals surface area contributed by atoms with E-state index < -0.39 is 0 Å². The Labute approximate surface area is 214 Å². The third-order valence-electron chi connectivity index (χ3n) is 6.72. The summed E-state index contributed by atoms with van der Waals surface area (Å²) < 4.78 is 10.9. The molecule has 3 heterocycles. The van der Waals surface area contributed by atoms with E-state index in [1.54, 1.807) is 30.6 Å². The summed E-state index contributed by atoms with van der Waals surface area (Å²) in [4.78, 5) is 28.9. The lowest BCUT2D eigenvalue weighted by molar-refractivity contribution is 0.0540. The van der Waals surface area contributed by atoms with Gasteiger partial charge in [-0.1, -0.05) is 36.2 Å². The molecule has 0 radical (unpaired) electrons. The minimum atomic E-state index is -0.0228. The predicted octanol–water partition coefficient (Wildman–Crippen LogP) is 5.61. The smallest absolute Gasteiger partial charge is 0.316 e. The highest BCUT2D eigenvalue weighted by molar-refractivity contribution is 6.31. The molecule has 1 N–H and O–H groups in total. The van der Waals surface area contributed by atoms with Gasteiger partial charge in [-0.05, 0) is 55.5 Å². The normalized spacial score (nSPS) is 17.8. The highest BCUT2D eigenvalue weighted by Gasteiger charge is 2.33. The van der Waals surface area contributed by atoms with Gasteiger partial charge in [-0.3, -0.25) is 4.79 Å². The number of aromatic nitrogens is 3. The maximum absolute atomic E-state index is 14.0. The summed E-state index contributed by atoms with van der Waals surface area (Å²) in [5.74, 6) is 0.304. The Morgan fingerprint density at radius 3 is 2.81 bits per heavy atom. The minimum Gasteiger partial charge on any atom is -0.467 e. The molecule has 5 rings (SSSR count). The lowest BCUT2D eigenvalue weighted by atomic mass is 9.89. The SMILES string of the molecule is COc1ncc(-c2ccc(C)cc2C(=O)N2CCC[C@@H](C)[C@H]2CNc2nc3cc(Cl)ccc3o2)cn1. The second-order valence-corrected chi connectivity index (χ2v) is 9.64. The molecule has 2 atom stereocenters. The van der Waals surface area contributed by atoms with Crippen LogP contribution in [0.4, 0.5) is 6.01 Å². The topological polar surface area (TPSA) is 93.4 Å². The first-order valence-corrected chi connectivity index (χ1v) is 12.4. The average Bonchev–Trinajstić information content (AvgIpc) is 3.29. The molecule has 0 saturated carbocycles. The molecule has 186 valence electrons. The van der Waals surface area contributed by atoms with Crippen LogP contribution in [0.25, 0.3) is 22.2 Å². The maximum Gasteiger partial charge on any atom is 0.316 e. The van der Waals surface area contributed by atoms with Crippen LogP contribution in [0.1, 0.15) is 35.7 Å². The van der Waals surface area contributed by atoms with Crippen molar-refractivity contribution in [2.45, 2.75) is 32.7 Å². The van der Waals surface area contributed by atoms with Gasteiger partial charge in [-0.15, -0.1) is 0 Å². The van der Waals surface area contributed by atoms with Gasteiger partial charge in [0.15, 0.2) is 5.58 Å². The fraction of sp³-hybridized carbons (Fsp3) is 0.333. The van der Waals surface area contributed by atoms with Crippen molar-refractivity contribution in [2.75, 3.05) is 25.5 Å². The van der Waals surface area contributed by atoms with Gasteiger partial charge in [-0.25, -0.2) is 9.97 Å². The number of ether oxygens (including phenoxy) is 1. The number of piperidine rings is 1. The number of hydrogen-bond donors (Lipinski definition) is 1. The van der Waals surface area contributed by atoms with Crippen molar-refractivity contribution in [1.29, 1.82) is 0 Å².